The van der Waals surface area contributed by atoms with Crippen LogP contribution < -0.4 is 14.4 Å². The molecule has 1 heterocycles. The highest BCUT2D eigenvalue weighted by Crippen LogP contribution is 2.44. The quantitative estimate of drug-likeness (QED) is 0.213. The predicted octanol–water partition coefficient (Wildman–Crippen LogP) is 6.56. The van der Waals surface area contributed by atoms with Crippen molar-refractivity contribution in [2.45, 2.75) is 19.9 Å². The number of anilines is 1. The Balaban J connectivity index is 1.95. The van der Waals surface area contributed by atoms with E-state index in [9.17, 15) is 19.1 Å². The summed E-state index contributed by atoms with van der Waals surface area (Å²) in [6.07, 6.45) is 0. The molecule has 1 amide bonds. The van der Waals surface area contributed by atoms with Crippen LogP contribution in [-0.4, -0.2) is 30.0 Å². The van der Waals surface area contributed by atoms with E-state index in [1.54, 1.807) is 49.4 Å². The Kier molecular flexibility index (Phi) is 7.52. The van der Waals surface area contributed by atoms with Gasteiger partial charge in [0.1, 0.15) is 23.1 Å². The average Bonchev–Trinajstić information content (AvgIpc) is 3.12. The standard InChI is InChI=1S/C27H22Cl2FNO5/c1-3-35-18-10-11-19(22(14-18)36-4-2)25(32)23-24(15-5-7-16(28)8-6-15)31(27(34)26(23)33)17-9-12-21(30)20(29)13-17/h5-14,24,32H,3-4H2,1-2H3/b25-23-. The molecule has 36 heavy (non-hydrogen) atoms. The summed E-state index contributed by atoms with van der Waals surface area (Å²) >= 11 is 12.0. The SMILES string of the molecule is CCOc1ccc(/C(O)=C2/C(=O)C(=O)N(c3ccc(F)c(Cl)c3)C2c2ccc(Cl)cc2)c(OCC)c1. The maximum atomic E-state index is 13.9. The van der Waals surface area contributed by atoms with Gasteiger partial charge in [-0.3, -0.25) is 14.5 Å². The maximum Gasteiger partial charge on any atom is 0.300 e. The first kappa shape index (κ1) is 25.5. The molecule has 1 atom stereocenters. The molecule has 1 N–H and O–H groups in total. The highest BCUT2D eigenvalue weighted by atomic mass is 35.5. The van der Waals surface area contributed by atoms with Crippen LogP contribution >= 0.6 is 23.2 Å². The molecule has 0 saturated carbocycles. The van der Waals surface area contributed by atoms with Gasteiger partial charge in [-0.15, -0.1) is 0 Å². The number of ketones is 1. The van der Waals surface area contributed by atoms with Crippen LogP contribution in [0.4, 0.5) is 10.1 Å². The Hall–Kier alpha value is -3.55. The predicted molar refractivity (Wildman–Crippen MR) is 136 cm³/mol. The fraction of sp³-hybridized carbons (Fsp3) is 0.185. The van der Waals surface area contributed by atoms with Crippen molar-refractivity contribution in [3.05, 3.63) is 93.2 Å². The fourth-order valence-corrected chi connectivity index (χ4v) is 4.37. The van der Waals surface area contributed by atoms with Gasteiger partial charge in [0.25, 0.3) is 11.7 Å². The van der Waals surface area contributed by atoms with Gasteiger partial charge in [-0.25, -0.2) is 4.39 Å². The van der Waals surface area contributed by atoms with Crippen molar-refractivity contribution in [3.8, 4) is 11.5 Å². The second-order valence-electron chi connectivity index (χ2n) is 7.84. The molecule has 1 saturated heterocycles. The molecule has 0 aliphatic carbocycles. The molecule has 1 aliphatic rings. The van der Waals surface area contributed by atoms with Gasteiger partial charge < -0.3 is 14.6 Å². The number of Topliss-reactive ketones (excluding diaryl/α,β-unsaturated/α-hetero) is 1. The lowest BCUT2D eigenvalue weighted by molar-refractivity contribution is -0.132. The molecular formula is C27H22Cl2FNO5. The minimum Gasteiger partial charge on any atom is -0.507 e. The summed E-state index contributed by atoms with van der Waals surface area (Å²) in [5.74, 6) is -2.10. The van der Waals surface area contributed by atoms with E-state index in [4.69, 9.17) is 32.7 Å². The smallest absolute Gasteiger partial charge is 0.300 e. The van der Waals surface area contributed by atoms with Crippen molar-refractivity contribution >= 4 is 46.3 Å². The lowest BCUT2D eigenvalue weighted by atomic mass is 9.94. The number of benzene rings is 3. The Bertz CT molecular complexity index is 1360. The molecule has 0 radical (unpaired) electrons. The zero-order chi connectivity index (χ0) is 26.0. The van der Waals surface area contributed by atoms with E-state index in [2.05, 4.69) is 0 Å². The van der Waals surface area contributed by atoms with E-state index in [1.165, 1.54) is 17.0 Å². The van der Waals surface area contributed by atoms with Gasteiger partial charge >= 0.3 is 0 Å². The third-order valence-corrected chi connectivity index (χ3v) is 6.17. The molecule has 6 nitrogen and oxygen atoms in total. The summed E-state index contributed by atoms with van der Waals surface area (Å²) < 4.78 is 25.1. The summed E-state index contributed by atoms with van der Waals surface area (Å²) in [5, 5.41) is 11.7. The van der Waals surface area contributed by atoms with E-state index >= 15 is 0 Å². The molecule has 3 aromatic rings. The van der Waals surface area contributed by atoms with Crippen LogP contribution in [0.5, 0.6) is 11.5 Å². The molecular weight excluding hydrogens is 508 g/mol. The third kappa shape index (κ3) is 4.76. The molecule has 4 rings (SSSR count). The number of ether oxygens (including phenoxy) is 2. The first-order valence-corrected chi connectivity index (χ1v) is 11.9. The fourth-order valence-electron chi connectivity index (χ4n) is 4.07. The molecule has 3 aromatic carbocycles. The van der Waals surface area contributed by atoms with Crippen LogP contribution in [0, 0.1) is 5.82 Å². The van der Waals surface area contributed by atoms with E-state index in [0.29, 0.717) is 29.5 Å². The number of nitrogens with zero attached hydrogens (tertiary/aromatic N) is 1. The second-order valence-corrected chi connectivity index (χ2v) is 8.69. The molecule has 1 aliphatic heterocycles. The van der Waals surface area contributed by atoms with Crippen molar-refractivity contribution < 1.29 is 28.6 Å². The summed E-state index contributed by atoms with van der Waals surface area (Å²) in [6.45, 7) is 4.34. The number of carbonyl (C=O) groups excluding carboxylic acids is 2. The Morgan fingerprint density at radius 3 is 2.31 bits per heavy atom. The Morgan fingerprint density at radius 1 is 0.972 bits per heavy atom. The van der Waals surface area contributed by atoms with Gasteiger partial charge in [0, 0.05) is 16.8 Å². The normalized spacial score (nSPS) is 16.9. The summed E-state index contributed by atoms with van der Waals surface area (Å²) in [4.78, 5) is 27.8. The molecule has 1 unspecified atom stereocenters. The first-order chi connectivity index (χ1) is 17.3. The van der Waals surface area contributed by atoms with Gasteiger partial charge in [-0.1, -0.05) is 35.3 Å². The monoisotopic (exact) mass is 529 g/mol. The third-order valence-electron chi connectivity index (χ3n) is 5.63. The average molecular weight is 530 g/mol. The minimum atomic E-state index is -1.04. The Morgan fingerprint density at radius 2 is 1.67 bits per heavy atom. The Labute approximate surface area is 217 Å². The summed E-state index contributed by atoms with van der Waals surface area (Å²) in [6, 6.07) is 14.0. The number of aliphatic hydroxyl groups is 1. The number of amides is 1. The van der Waals surface area contributed by atoms with Gasteiger partial charge in [0.15, 0.2) is 0 Å². The van der Waals surface area contributed by atoms with Crippen molar-refractivity contribution in [1.29, 1.82) is 0 Å². The van der Waals surface area contributed by atoms with Gasteiger partial charge in [-0.2, -0.15) is 0 Å². The maximum absolute atomic E-state index is 13.9. The van der Waals surface area contributed by atoms with Crippen molar-refractivity contribution in [1.82, 2.24) is 0 Å². The van der Waals surface area contributed by atoms with Crippen LogP contribution in [-0.2, 0) is 9.59 Å². The number of aliphatic hydroxyl groups excluding tert-OH is 1. The summed E-state index contributed by atoms with van der Waals surface area (Å²) in [7, 11) is 0. The molecule has 186 valence electrons. The molecule has 9 heteroatoms. The number of carbonyl (C=O) groups is 2. The zero-order valence-electron chi connectivity index (χ0n) is 19.4. The number of halogens is 3. The molecule has 0 spiro atoms. The summed E-state index contributed by atoms with van der Waals surface area (Å²) in [5.41, 5.74) is 0.756. The van der Waals surface area contributed by atoms with Crippen molar-refractivity contribution in [2.75, 3.05) is 18.1 Å². The van der Waals surface area contributed by atoms with Crippen molar-refractivity contribution in [3.63, 3.8) is 0 Å². The number of rotatable bonds is 7. The van der Waals surface area contributed by atoms with E-state index in [1.807, 2.05) is 6.92 Å². The first-order valence-electron chi connectivity index (χ1n) is 11.2. The van der Waals surface area contributed by atoms with E-state index in [0.717, 1.165) is 6.07 Å². The van der Waals surface area contributed by atoms with Crippen LogP contribution in [0.3, 0.4) is 0 Å². The van der Waals surface area contributed by atoms with Crippen LogP contribution in [0.1, 0.15) is 31.0 Å². The van der Waals surface area contributed by atoms with Crippen molar-refractivity contribution in [2.24, 2.45) is 0 Å². The lowest BCUT2D eigenvalue weighted by Gasteiger charge is -2.26. The number of hydrogen-bond acceptors (Lipinski definition) is 5. The zero-order valence-corrected chi connectivity index (χ0v) is 20.9. The minimum absolute atomic E-state index is 0.159. The lowest BCUT2D eigenvalue weighted by Crippen LogP contribution is -2.29. The van der Waals surface area contributed by atoms with E-state index < -0.39 is 29.3 Å². The highest BCUT2D eigenvalue weighted by molar-refractivity contribution is 6.52. The molecule has 1 fully saturated rings. The largest absolute Gasteiger partial charge is 0.507 e. The van der Waals surface area contributed by atoms with Crippen LogP contribution in [0.25, 0.3) is 5.76 Å². The van der Waals surface area contributed by atoms with E-state index in [-0.39, 0.29) is 27.6 Å². The molecule has 0 aromatic heterocycles. The van der Waals surface area contributed by atoms with Gasteiger partial charge in [-0.05, 0) is 61.9 Å². The van der Waals surface area contributed by atoms with Crippen LogP contribution in [0.15, 0.2) is 66.2 Å². The number of hydrogen-bond donors (Lipinski definition) is 1. The highest BCUT2D eigenvalue weighted by Gasteiger charge is 2.47. The van der Waals surface area contributed by atoms with Crippen LogP contribution in [0.2, 0.25) is 10.0 Å². The molecule has 0 bridgehead atoms. The van der Waals surface area contributed by atoms with Gasteiger partial charge in [0.05, 0.1) is 35.4 Å². The second kappa shape index (κ2) is 10.6. The topological polar surface area (TPSA) is 76.1 Å². The van der Waals surface area contributed by atoms with Gasteiger partial charge in [0.2, 0.25) is 0 Å².